The Kier molecular flexibility index (Phi) is 2.49. The van der Waals surface area contributed by atoms with Crippen molar-refractivity contribution in [3.8, 4) is 0 Å². The van der Waals surface area contributed by atoms with E-state index < -0.39 is 0 Å². The Morgan fingerprint density at radius 2 is 1.11 bits per heavy atom. The predicted octanol–water partition coefficient (Wildman–Crippen LogP) is 2.92. The predicted molar refractivity (Wildman–Crippen MR) is 72.1 cm³/mol. The Morgan fingerprint density at radius 1 is 0.737 bits per heavy atom. The van der Waals surface area contributed by atoms with Gasteiger partial charge in [0, 0.05) is 10.8 Å². The van der Waals surface area contributed by atoms with Crippen molar-refractivity contribution in [2.24, 2.45) is 10.8 Å². The highest BCUT2D eigenvalue weighted by Crippen LogP contribution is 2.67. The molecule has 0 atom stereocenters. The van der Waals surface area contributed by atoms with Gasteiger partial charge in [0.25, 0.3) is 0 Å². The second-order valence-electron chi connectivity index (χ2n) is 7.34. The van der Waals surface area contributed by atoms with Crippen molar-refractivity contribution < 1.29 is 14.2 Å². The first kappa shape index (κ1) is 12.6. The molecule has 3 nitrogen and oxygen atoms in total. The molecule has 0 unspecified atom stereocenters. The van der Waals surface area contributed by atoms with Gasteiger partial charge in [0.2, 0.25) is 0 Å². The summed E-state index contributed by atoms with van der Waals surface area (Å²) >= 11 is 0. The van der Waals surface area contributed by atoms with Crippen LogP contribution in [0.1, 0.15) is 52.4 Å². The second-order valence-corrected chi connectivity index (χ2v) is 7.34. The molecule has 0 aromatic rings. The average Bonchev–Trinajstić information content (AvgIpc) is 3.18. The lowest BCUT2D eigenvalue weighted by Crippen LogP contribution is -2.60. The van der Waals surface area contributed by atoms with Crippen LogP contribution in [0.25, 0.3) is 0 Å². The van der Waals surface area contributed by atoms with E-state index in [1.54, 1.807) is 0 Å². The molecule has 0 bridgehead atoms. The zero-order chi connectivity index (χ0) is 13.2. The maximum Gasteiger partial charge on any atom is 0.0792 e. The summed E-state index contributed by atoms with van der Waals surface area (Å²) < 4.78 is 18.0. The van der Waals surface area contributed by atoms with Gasteiger partial charge in [-0.05, 0) is 38.5 Å². The molecule has 2 heterocycles. The largest absolute Gasteiger partial charge is 0.380 e. The van der Waals surface area contributed by atoms with E-state index in [1.165, 1.54) is 38.5 Å². The first-order valence-electron chi connectivity index (χ1n) is 8.01. The topological polar surface area (TPSA) is 27.7 Å². The lowest BCUT2D eigenvalue weighted by atomic mass is 9.72. The summed E-state index contributed by atoms with van der Waals surface area (Å²) in [4.78, 5) is 0. The standard InChI is InChI=1S/C16H26O3/c1-3-13(9-17-10-13)15(5-6-15)19-16(7-8-16)14(4-2)11-18-12-14/h3-12H2,1-2H3. The molecule has 0 aromatic heterocycles. The Labute approximate surface area is 116 Å². The Bertz CT molecular complexity index is 326. The van der Waals surface area contributed by atoms with E-state index in [9.17, 15) is 0 Å². The van der Waals surface area contributed by atoms with Crippen molar-refractivity contribution in [1.29, 1.82) is 0 Å². The molecule has 2 saturated carbocycles. The molecule has 2 aliphatic heterocycles. The van der Waals surface area contributed by atoms with Crippen LogP contribution in [-0.4, -0.2) is 37.6 Å². The van der Waals surface area contributed by atoms with Gasteiger partial charge < -0.3 is 14.2 Å². The molecule has 3 heteroatoms. The number of ether oxygens (including phenoxy) is 3. The summed E-state index contributed by atoms with van der Waals surface area (Å²) in [6, 6.07) is 0. The van der Waals surface area contributed by atoms with Crippen LogP contribution in [0.15, 0.2) is 0 Å². The quantitative estimate of drug-likeness (QED) is 0.740. The van der Waals surface area contributed by atoms with Gasteiger partial charge in [-0.15, -0.1) is 0 Å². The third-order valence-electron chi connectivity index (χ3n) is 6.60. The summed E-state index contributed by atoms with van der Waals surface area (Å²) in [6.07, 6.45) is 7.36. The van der Waals surface area contributed by atoms with E-state index in [2.05, 4.69) is 13.8 Å². The van der Waals surface area contributed by atoms with Crippen LogP contribution in [0.3, 0.4) is 0 Å². The minimum atomic E-state index is 0.147. The first-order valence-corrected chi connectivity index (χ1v) is 8.01. The van der Waals surface area contributed by atoms with Gasteiger partial charge in [0.1, 0.15) is 0 Å². The fourth-order valence-corrected chi connectivity index (χ4v) is 4.36. The summed E-state index contributed by atoms with van der Waals surface area (Å²) in [5.41, 5.74) is 0.937. The van der Waals surface area contributed by atoms with Crippen molar-refractivity contribution in [3.63, 3.8) is 0 Å². The maximum absolute atomic E-state index is 6.88. The fraction of sp³-hybridized carbons (Fsp3) is 1.00. The first-order chi connectivity index (χ1) is 9.16. The van der Waals surface area contributed by atoms with Crippen LogP contribution in [0.5, 0.6) is 0 Å². The van der Waals surface area contributed by atoms with Crippen LogP contribution in [-0.2, 0) is 14.2 Å². The molecular weight excluding hydrogens is 240 g/mol. The Hall–Kier alpha value is -0.120. The van der Waals surface area contributed by atoms with Gasteiger partial charge in [-0.1, -0.05) is 13.8 Å². The SMILES string of the molecule is CCC1(C2(OC3(C4(CC)COC4)CC3)CC2)COC1. The number of hydrogen-bond acceptors (Lipinski definition) is 3. The van der Waals surface area contributed by atoms with Crippen molar-refractivity contribution >= 4 is 0 Å². The molecule has 0 amide bonds. The van der Waals surface area contributed by atoms with Crippen LogP contribution < -0.4 is 0 Å². The van der Waals surface area contributed by atoms with Gasteiger partial charge in [-0.2, -0.15) is 0 Å². The Balaban J connectivity index is 1.55. The van der Waals surface area contributed by atoms with E-state index in [-0.39, 0.29) is 11.2 Å². The highest BCUT2D eigenvalue weighted by molar-refractivity contribution is 5.20. The van der Waals surface area contributed by atoms with Crippen LogP contribution in [0.4, 0.5) is 0 Å². The van der Waals surface area contributed by atoms with Crippen molar-refractivity contribution in [3.05, 3.63) is 0 Å². The highest BCUT2D eigenvalue weighted by Gasteiger charge is 2.71. The summed E-state index contributed by atoms with van der Waals surface area (Å²) in [5, 5.41) is 0. The third-order valence-corrected chi connectivity index (χ3v) is 6.60. The van der Waals surface area contributed by atoms with Crippen molar-refractivity contribution in [1.82, 2.24) is 0 Å². The fourth-order valence-electron chi connectivity index (χ4n) is 4.36. The minimum absolute atomic E-state index is 0.147. The van der Waals surface area contributed by atoms with Gasteiger partial charge in [0.15, 0.2) is 0 Å². The van der Waals surface area contributed by atoms with Crippen molar-refractivity contribution in [2.75, 3.05) is 26.4 Å². The zero-order valence-corrected chi connectivity index (χ0v) is 12.3. The lowest BCUT2D eigenvalue weighted by Gasteiger charge is -2.53. The molecule has 108 valence electrons. The van der Waals surface area contributed by atoms with Crippen molar-refractivity contribution in [2.45, 2.75) is 63.6 Å². The van der Waals surface area contributed by atoms with Gasteiger partial charge in [-0.3, -0.25) is 0 Å². The third kappa shape index (κ3) is 1.44. The van der Waals surface area contributed by atoms with Gasteiger partial charge >= 0.3 is 0 Å². The normalized spacial score (nSPS) is 35.1. The molecule has 0 N–H and O–H groups in total. The van der Waals surface area contributed by atoms with Crippen LogP contribution >= 0.6 is 0 Å². The second kappa shape index (κ2) is 3.75. The Morgan fingerprint density at radius 3 is 1.26 bits per heavy atom. The van der Waals surface area contributed by atoms with E-state index >= 15 is 0 Å². The van der Waals surface area contributed by atoms with Gasteiger partial charge in [0.05, 0.1) is 37.6 Å². The van der Waals surface area contributed by atoms with E-state index in [0.29, 0.717) is 10.8 Å². The maximum atomic E-state index is 6.88. The highest BCUT2D eigenvalue weighted by atomic mass is 16.6. The molecule has 0 radical (unpaired) electrons. The zero-order valence-electron chi connectivity index (χ0n) is 12.3. The molecule has 2 saturated heterocycles. The van der Waals surface area contributed by atoms with Gasteiger partial charge in [-0.25, -0.2) is 0 Å². The molecule has 2 aliphatic carbocycles. The van der Waals surface area contributed by atoms with E-state index in [4.69, 9.17) is 14.2 Å². The lowest BCUT2D eigenvalue weighted by molar-refractivity contribution is -0.270. The molecule has 0 aromatic carbocycles. The average molecular weight is 266 g/mol. The summed E-state index contributed by atoms with van der Waals surface area (Å²) in [5.74, 6) is 0. The smallest absolute Gasteiger partial charge is 0.0792 e. The van der Waals surface area contributed by atoms with E-state index in [1.807, 2.05) is 0 Å². The molecule has 0 spiro atoms. The van der Waals surface area contributed by atoms with Crippen LogP contribution in [0, 0.1) is 10.8 Å². The number of rotatable bonds is 6. The number of hydrogen-bond donors (Lipinski definition) is 0. The van der Waals surface area contributed by atoms with Crippen LogP contribution in [0.2, 0.25) is 0 Å². The molecule has 4 fully saturated rings. The summed E-state index contributed by atoms with van der Waals surface area (Å²) in [7, 11) is 0. The molecule has 19 heavy (non-hydrogen) atoms. The summed E-state index contributed by atoms with van der Waals surface area (Å²) in [6.45, 7) is 8.25. The molecule has 4 rings (SSSR count). The minimum Gasteiger partial charge on any atom is -0.380 e. The molecule has 4 aliphatic rings. The van der Waals surface area contributed by atoms with E-state index in [0.717, 1.165) is 26.4 Å². The molecular formula is C16H26O3. The monoisotopic (exact) mass is 266 g/mol.